The van der Waals surface area contributed by atoms with Gasteiger partial charge in [0.15, 0.2) is 0 Å². The molecule has 0 aromatic heterocycles. The topological polar surface area (TPSA) is 9.23 Å². The lowest BCUT2D eigenvalue weighted by atomic mass is 10.1. The quantitative estimate of drug-likeness (QED) is 0.518. The van der Waals surface area contributed by atoms with Gasteiger partial charge in [0.05, 0.1) is 7.11 Å². The molecule has 0 aliphatic heterocycles. The zero-order valence-corrected chi connectivity index (χ0v) is 15.3. The molecule has 25 heavy (non-hydrogen) atoms. The predicted molar refractivity (Wildman–Crippen MR) is 106 cm³/mol. The van der Waals surface area contributed by atoms with Gasteiger partial charge in [-0.2, -0.15) is 0 Å². The molecule has 0 N–H and O–H groups in total. The standard InChI is InChI=1S/C23H15BrO/c1-25-23-14-12-18(13-15-23)8-9-19-4-2-5-20(16-19)10-11-21-6-3-7-22(24)17-21/h2-7,12-17H,1H3. The fourth-order valence-corrected chi connectivity index (χ4v) is 2.60. The number of hydrogen-bond acceptors (Lipinski definition) is 1. The summed E-state index contributed by atoms with van der Waals surface area (Å²) in [5, 5.41) is 0. The number of ether oxygens (including phenoxy) is 1. The Balaban J connectivity index is 1.79. The van der Waals surface area contributed by atoms with Gasteiger partial charge in [0.1, 0.15) is 5.75 Å². The molecule has 0 unspecified atom stereocenters. The summed E-state index contributed by atoms with van der Waals surface area (Å²) in [6, 6.07) is 23.6. The van der Waals surface area contributed by atoms with Crippen molar-refractivity contribution in [3.8, 4) is 29.4 Å². The van der Waals surface area contributed by atoms with Crippen molar-refractivity contribution in [2.75, 3.05) is 7.11 Å². The average molecular weight is 387 g/mol. The van der Waals surface area contributed by atoms with Gasteiger partial charge in [0.2, 0.25) is 0 Å². The van der Waals surface area contributed by atoms with Crippen LogP contribution in [0.5, 0.6) is 5.75 Å². The second-order valence-electron chi connectivity index (χ2n) is 5.32. The van der Waals surface area contributed by atoms with Gasteiger partial charge in [-0.25, -0.2) is 0 Å². The molecule has 120 valence electrons. The minimum absolute atomic E-state index is 0.829. The van der Waals surface area contributed by atoms with E-state index in [4.69, 9.17) is 4.74 Å². The van der Waals surface area contributed by atoms with Crippen molar-refractivity contribution in [3.63, 3.8) is 0 Å². The highest BCUT2D eigenvalue weighted by Gasteiger charge is 1.93. The number of benzene rings is 3. The van der Waals surface area contributed by atoms with E-state index in [1.165, 1.54) is 0 Å². The fraction of sp³-hybridized carbons (Fsp3) is 0.0435. The maximum absolute atomic E-state index is 5.15. The Morgan fingerprint density at radius 2 is 1.16 bits per heavy atom. The van der Waals surface area contributed by atoms with Gasteiger partial charge in [-0.05, 0) is 60.7 Å². The minimum atomic E-state index is 0.829. The molecule has 0 atom stereocenters. The van der Waals surface area contributed by atoms with Crippen LogP contribution in [0.3, 0.4) is 0 Å². The third-order valence-electron chi connectivity index (χ3n) is 3.48. The summed E-state index contributed by atoms with van der Waals surface area (Å²) < 4.78 is 6.18. The second kappa shape index (κ2) is 8.25. The van der Waals surface area contributed by atoms with Gasteiger partial charge >= 0.3 is 0 Å². The normalized spacial score (nSPS) is 9.36. The summed E-state index contributed by atoms with van der Waals surface area (Å²) in [6.45, 7) is 0. The zero-order chi connectivity index (χ0) is 17.5. The molecule has 3 aromatic rings. The number of halogens is 1. The van der Waals surface area contributed by atoms with E-state index in [0.717, 1.165) is 32.5 Å². The molecule has 0 bridgehead atoms. The monoisotopic (exact) mass is 386 g/mol. The fourth-order valence-electron chi connectivity index (χ4n) is 2.20. The largest absolute Gasteiger partial charge is 0.497 e. The van der Waals surface area contributed by atoms with E-state index >= 15 is 0 Å². The van der Waals surface area contributed by atoms with Gasteiger partial charge in [-0.15, -0.1) is 0 Å². The van der Waals surface area contributed by atoms with Crippen LogP contribution in [0.15, 0.2) is 77.3 Å². The number of rotatable bonds is 1. The lowest BCUT2D eigenvalue weighted by Gasteiger charge is -1.97. The van der Waals surface area contributed by atoms with Crippen molar-refractivity contribution in [2.24, 2.45) is 0 Å². The van der Waals surface area contributed by atoms with Crippen LogP contribution in [0.2, 0.25) is 0 Å². The van der Waals surface area contributed by atoms with Crippen LogP contribution < -0.4 is 4.74 Å². The van der Waals surface area contributed by atoms with Gasteiger partial charge in [-0.1, -0.05) is 51.7 Å². The third kappa shape index (κ3) is 5.01. The molecule has 2 heteroatoms. The second-order valence-corrected chi connectivity index (χ2v) is 6.24. The van der Waals surface area contributed by atoms with Crippen LogP contribution in [0, 0.1) is 23.7 Å². The zero-order valence-electron chi connectivity index (χ0n) is 13.7. The average Bonchev–Trinajstić information content (AvgIpc) is 2.65. The highest BCUT2D eigenvalue weighted by atomic mass is 79.9. The molecular weight excluding hydrogens is 372 g/mol. The smallest absolute Gasteiger partial charge is 0.118 e. The summed E-state index contributed by atoms with van der Waals surface area (Å²) in [4.78, 5) is 0. The molecule has 1 nitrogen and oxygen atoms in total. The molecule has 0 radical (unpaired) electrons. The Labute approximate surface area is 156 Å². The summed E-state index contributed by atoms with van der Waals surface area (Å²) >= 11 is 3.46. The molecule has 3 rings (SSSR count). The third-order valence-corrected chi connectivity index (χ3v) is 3.97. The SMILES string of the molecule is COc1ccc(C#Cc2cccc(C#Cc3cccc(Br)c3)c2)cc1. The first-order valence-corrected chi connectivity index (χ1v) is 8.56. The summed E-state index contributed by atoms with van der Waals surface area (Å²) in [5.74, 6) is 13.5. The molecule has 0 heterocycles. The summed E-state index contributed by atoms with van der Waals surface area (Å²) in [7, 11) is 1.65. The number of methoxy groups -OCH3 is 1. The van der Waals surface area contributed by atoms with E-state index in [9.17, 15) is 0 Å². The molecule has 0 spiro atoms. The van der Waals surface area contributed by atoms with Gasteiger partial charge in [0, 0.05) is 26.7 Å². The first-order valence-electron chi connectivity index (χ1n) is 7.77. The maximum Gasteiger partial charge on any atom is 0.118 e. The van der Waals surface area contributed by atoms with Crippen molar-refractivity contribution in [1.29, 1.82) is 0 Å². The van der Waals surface area contributed by atoms with E-state index in [-0.39, 0.29) is 0 Å². The van der Waals surface area contributed by atoms with Gasteiger partial charge in [-0.3, -0.25) is 0 Å². The van der Waals surface area contributed by atoms with Crippen LogP contribution in [-0.2, 0) is 0 Å². The van der Waals surface area contributed by atoms with Crippen molar-refractivity contribution >= 4 is 15.9 Å². The molecule has 0 fully saturated rings. The minimum Gasteiger partial charge on any atom is -0.497 e. The molecule has 0 aliphatic rings. The van der Waals surface area contributed by atoms with E-state index in [1.54, 1.807) is 7.11 Å². The maximum atomic E-state index is 5.15. The van der Waals surface area contributed by atoms with Crippen molar-refractivity contribution in [3.05, 3.63) is 99.5 Å². The lowest BCUT2D eigenvalue weighted by Crippen LogP contribution is -1.82. The lowest BCUT2D eigenvalue weighted by molar-refractivity contribution is 0.415. The Kier molecular flexibility index (Phi) is 5.57. The molecule has 0 amide bonds. The number of hydrogen-bond donors (Lipinski definition) is 0. The summed E-state index contributed by atoms with van der Waals surface area (Å²) in [6.07, 6.45) is 0. The first kappa shape index (κ1) is 16.9. The van der Waals surface area contributed by atoms with Crippen LogP contribution >= 0.6 is 15.9 Å². The van der Waals surface area contributed by atoms with Gasteiger partial charge in [0.25, 0.3) is 0 Å². The van der Waals surface area contributed by atoms with Gasteiger partial charge < -0.3 is 4.74 Å². The van der Waals surface area contributed by atoms with Crippen LogP contribution in [-0.4, -0.2) is 7.11 Å². The Hall–Kier alpha value is -2.94. The van der Waals surface area contributed by atoms with E-state index in [1.807, 2.05) is 72.8 Å². The van der Waals surface area contributed by atoms with E-state index in [0.29, 0.717) is 0 Å². The van der Waals surface area contributed by atoms with Crippen molar-refractivity contribution in [2.45, 2.75) is 0 Å². The molecule has 0 aliphatic carbocycles. The molecule has 0 saturated carbocycles. The van der Waals surface area contributed by atoms with Crippen LogP contribution in [0.4, 0.5) is 0 Å². The predicted octanol–water partition coefficient (Wildman–Crippen LogP) is 5.26. The van der Waals surface area contributed by atoms with Crippen molar-refractivity contribution in [1.82, 2.24) is 0 Å². The van der Waals surface area contributed by atoms with Crippen molar-refractivity contribution < 1.29 is 4.74 Å². The Morgan fingerprint density at radius 3 is 1.72 bits per heavy atom. The molecular formula is C23H15BrO. The highest BCUT2D eigenvalue weighted by Crippen LogP contribution is 2.12. The first-order chi connectivity index (χ1) is 12.2. The Morgan fingerprint density at radius 1 is 0.640 bits per heavy atom. The molecule has 0 saturated heterocycles. The highest BCUT2D eigenvalue weighted by molar-refractivity contribution is 9.10. The van der Waals surface area contributed by atoms with Crippen LogP contribution in [0.25, 0.3) is 0 Å². The van der Waals surface area contributed by atoms with E-state index in [2.05, 4.69) is 39.6 Å². The molecule has 3 aromatic carbocycles. The summed E-state index contributed by atoms with van der Waals surface area (Å²) in [5.41, 5.74) is 3.81. The van der Waals surface area contributed by atoms with E-state index < -0.39 is 0 Å². The van der Waals surface area contributed by atoms with Crippen LogP contribution in [0.1, 0.15) is 22.3 Å². The Bertz CT molecular complexity index is 996.